The summed E-state index contributed by atoms with van der Waals surface area (Å²) in [6, 6.07) is 10.2. The quantitative estimate of drug-likeness (QED) is 0.785. The third-order valence-corrected chi connectivity index (χ3v) is 4.70. The average Bonchev–Trinajstić information content (AvgIpc) is 2.91. The average molecular weight is 318 g/mol. The molecule has 1 aliphatic rings. The summed E-state index contributed by atoms with van der Waals surface area (Å²) in [7, 11) is 0. The van der Waals surface area contributed by atoms with E-state index in [4.69, 9.17) is 4.74 Å². The Labute approximate surface area is 140 Å². The molecule has 3 atom stereocenters. The Balaban J connectivity index is 1.80. The molecular formula is C19H30N2O2. The summed E-state index contributed by atoms with van der Waals surface area (Å²) >= 11 is 0. The van der Waals surface area contributed by atoms with E-state index in [0.29, 0.717) is 24.5 Å². The first-order valence-electron chi connectivity index (χ1n) is 8.65. The molecule has 0 saturated carbocycles. The maximum Gasteiger partial charge on any atom is 0.323 e. The standard InChI is InChI=1S/C19H30N2O2/c1-14(2)20-10-18-12-21(11-15(18)3)16(4)19(22)23-13-17-8-6-5-7-9-17/h5-9,14-16,18,20H,10-13H2,1-4H3. The highest BCUT2D eigenvalue weighted by Gasteiger charge is 2.34. The lowest BCUT2D eigenvalue weighted by Crippen LogP contribution is -2.39. The number of ether oxygens (including phenoxy) is 1. The van der Waals surface area contributed by atoms with Crippen LogP contribution in [0, 0.1) is 11.8 Å². The van der Waals surface area contributed by atoms with E-state index in [1.807, 2.05) is 37.3 Å². The van der Waals surface area contributed by atoms with Crippen LogP contribution in [0.4, 0.5) is 0 Å². The Kier molecular flexibility index (Phi) is 6.60. The fourth-order valence-corrected chi connectivity index (χ4v) is 3.04. The molecule has 1 heterocycles. The summed E-state index contributed by atoms with van der Waals surface area (Å²) in [5.74, 6) is 1.07. The van der Waals surface area contributed by atoms with Gasteiger partial charge in [0, 0.05) is 19.1 Å². The highest BCUT2D eigenvalue weighted by molar-refractivity contribution is 5.75. The van der Waals surface area contributed by atoms with Crippen molar-refractivity contribution in [1.29, 1.82) is 0 Å². The van der Waals surface area contributed by atoms with Crippen molar-refractivity contribution in [2.75, 3.05) is 19.6 Å². The topological polar surface area (TPSA) is 41.6 Å². The lowest BCUT2D eigenvalue weighted by molar-refractivity contribution is -0.150. The first-order valence-corrected chi connectivity index (χ1v) is 8.65. The van der Waals surface area contributed by atoms with Gasteiger partial charge in [0.15, 0.2) is 0 Å². The number of carbonyl (C=O) groups excluding carboxylic acids is 1. The van der Waals surface area contributed by atoms with Gasteiger partial charge in [-0.2, -0.15) is 0 Å². The van der Waals surface area contributed by atoms with Crippen LogP contribution in [0.3, 0.4) is 0 Å². The molecule has 2 rings (SSSR count). The maximum absolute atomic E-state index is 12.3. The second kappa shape index (κ2) is 8.46. The van der Waals surface area contributed by atoms with E-state index < -0.39 is 0 Å². The van der Waals surface area contributed by atoms with Crippen LogP contribution >= 0.6 is 0 Å². The zero-order valence-corrected chi connectivity index (χ0v) is 14.8. The molecule has 0 aliphatic carbocycles. The van der Waals surface area contributed by atoms with Crippen LogP contribution in [0.5, 0.6) is 0 Å². The molecule has 3 unspecified atom stereocenters. The molecule has 1 aliphatic heterocycles. The molecule has 1 aromatic carbocycles. The minimum atomic E-state index is -0.176. The van der Waals surface area contributed by atoms with Gasteiger partial charge in [-0.3, -0.25) is 9.69 Å². The van der Waals surface area contributed by atoms with Crippen molar-refractivity contribution in [3.8, 4) is 0 Å². The number of carbonyl (C=O) groups is 1. The summed E-state index contributed by atoms with van der Waals surface area (Å²) in [5, 5.41) is 3.51. The van der Waals surface area contributed by atoms with Crippen LogP contribution in [0.2, 0.25) is 0 Å². The van der Waals surface area contributed by atoms with Crippen LogP contribution in [0.1, 0.15) is 33.3 Å². The molecule has 0 radical (unpaired) electrons. The van der Waals surface area contributed by atoms with Crippen LogP contribution in [0.15, 0.2) is 30.3 Å². The predicted octanol–water partition coefficient (Wildman–Crippen LogP) is 2.68. The van der Waals surface area contributed by atoms with Crippen LogP contribution < -0.4 is 5.32 Å². The molecular weight excluding hydrogens is 288 g/mol. The zero-order valence-electron chi connectivity index (χ0n) is 14.8. The SMILES string of the molecule is CC(C)NCC1CN(C(C)C(=O)OCc2ccccc2)CC1C. The molecule has 1 aromatic rings. The molecule has 0 amide bonds. The molecule has 0 bridgehead atoms. The monoisotopic (exact) mass is 318 g/mol. The van der Waals surface area contributed by atoms with Gasteiger partial charge in [0.25, 0.3) is 0 Å². The minimum absolute atomic E-state index is 0.126. The molecule has 0 aromatic heterocycles. The first-order chi connectivity index (χ1) is 11.0. The number of hydrogen-bond acceptors (Lipinski definition) is 4. The van der Waals surface area contributed by atoms with Gasteiger partial charge >= 0.3 is 5.97 Å². The number of nitrogens with zero attached hydrogens (tertiary/aromatic N) is 1. The lowest BCUT2D eigenvalue weighted by Gasteiger charge is -2.23. The van der Waals surface area contributed by atoms with Crippen LogP contribution in [-0.2, 0) is 16.1 Å². The largest absolute Gasteiger partial charge is 0.460 e. The maximum atomic E-state index is 12.3. The van der Waals surface area contributed by atoms with Crippen molar-refractivity contribution in [3.05, 3.63) is 35.9 Å². The van der Waals surface area contributed by atoms with E-state index in [1.54, 1.807) is 0 Å². The molecule has 1 N–H and O–H groups in total. The van der Waals surface area contributed by atoms with Gasteiger partial charge in [-0.15, -0.1) is 0 Å². The molecule has 128 valence electrons. The number of likely N-dealkylation sites (tertiary alicyclic amines) is 1. The van der Waals surface area contributed by atoms with Crippen LogP contribution in [0.25, 0.3) is 0 Å². The van der Waals surface area contributed by atoms with E-state index in [2.05, 4.69) is 31.0 Å². The van der Waals surface area contributed by atoms with Gasteiger partial charge in [-0.05, 0) is 30.9 Å². The van der Waals surface area contributed by atoms with Gasteiger partial charge < -0.3 is 10.1 Å². The van der Waals surface area contributed by atoms with E-state index in [0.717, 1.165) is 25.2 Å². The van der Waals surface area contributed by atoms with Gasteiger partial charge in [-0.1, -0.05) is 51.1 Å². The Hall–Kier alpha value is -1.39. The minimum Gasteiger partial charge on any atom is -0.460 e. The second-order valence-corrected chi connectivity index (χ2v) is 7.02. The Bertz CT molecular complexity index is 489. The third-order valence-electron chi connectivity index (χ3n) is 4.70. The Morgan fingerprint density at radius 2 is 1.96 bits per heavy atom. The zero-order chi connectivity index (χ0) is 16.8. The van der Waals surface area contributed by atoms with Gasteiger partial charge in [-0.25, -0.2) is 0 Å². The smallest absolute Gasteiger partial charge is 0.323 e. The molecule has 23 heavy (non-hydrogen) atoms. The Morgan fingerprint density at radius 1 is 1.26 bits per heavy atom. The highest BCUT2D eigenvalue weighted by atomic mass is 16.5. The number of benzene rings is 1. The van der Waals surface area contributed by atoms with Crippen molar-refractivity contribution in [2.24, 2.45) is 11.8 Å². The molecule has 4 heteroatoms. The van der Waals surface area contributed by atoms with Gasteiger partial charge in [0.05, 0.1) is 0 Å². The highest BCUT2D eigenvalue weighted by Crippen LogP contribution is 2.24. The fourth-order valence-electron chi connectivity index (χ4n) is 3.04. The summed E-state index contributed by atoms with van der Waals surface area (Å²) in [6.07, 6.45) is 0. The normalized spacial score (nSPS) is 23.2. The number of hydrogen-bond donors (Lipinski definition) is 1. The van der Waals surface area contributed by atoms with Crippen LogP contribution in [-0.4, -0.2) is 42.6 Å². The molecule has 1 fully saturated rings. The number of nitrogens with one attached hydrogen (secondary N) is 1. The molecule has 1 saturated heterocycles. The van der Waals surface area contributed by atoms with E-state index >= 15 is 0 Å². The van der Waals surface area contributed by atoms with E-state index in [-0.39, 0.29) is 12.0 Å². The second-order valence-electron chi connectivity index (χ2n) is 7.02. The van der Waals surface area contributed by atoms with Crippen molar-refractivity contribution in [3.63, 3.8) is 0 Å². The first kappa shape index (κ1) is 18.0. The van der Waals surface area contributed by atoms with Crippen molar-refractivity contribution in [1.82, 2.24) is 10.2 Å². The molecule has 4 nitrogen and oxygen atoms in total. The summed E-state index contributed by atoms with van der Waals surface area (Å²) in [6.45, 7) is 11.9. The lowest BCUT2D eigenvalue weighted by atomic mass is 9.98. The van der Waals surface area contributed by atoms with Crippen molar-refractivity contribution >= 4 is 5.97 Å². The van der Waals surface area contributed by atoms with Gasteiger partial charge in [0.1, 0.15) is 12.6 Å². The predicted molar refractivity (Wildman–Crippen MR) is 93.1 cm³/mol. The van der Waals surface area contributed by atoms with E-state index in [9.17, 15) is 4.79 Å². The van der Waals surface area contributed by atoms with Gasteiger partial charge in [0.2, 0.25) is 0 Å². The number of esters is 1. The summed E-state index contributed by atoms with van der Waals surface area (Å²) in [4.78, 5) is 14.6. The Morgan fingerprint density at radius 3 is 2.61 bits per heavy atom. The summed E-state index contributed by atoms with van der Waals surface area (Å²) < 4.78 is 5.47. The van der Waals surface area contributed by atoms with Crippen molar-refractivity contribution < 1.29 is 9.53 Å². The van der Waals surface area contributed by atoms with E-state index in [1.165, 1.54) is 0 Å². The summed E-state index contributed by atoms with van der Waals surface area (Å²) in [5.41, 5.74) is 1.03. The van der Waals surface area contributed by atoms with Crippen molar-refractivity contribution in [2.45, 2.75) is 46.4 Å². The molecule has 0 spiro atoms. The third kappa shape index (κ3) is 5.33. The number of rotatable bonds is 7. The fraction of sp³-hybridized carbons (Fsp3) is 0.632.